The van der Waals surface area contributed by atoms with Gasteiger partial charge in [-0.3, -0.25) is 4.79 Å². The Morgan fingerprint density at radius 3 is 2.53 bits per heavy atom. The lowest BCUT2D eigenvalue weighted by molar-refractivity contribution is 0.0689. The van der Waals surface area contributed by atoms with Gasteiger partial charge in [0.15, 0.2) is 0 Å². The molecule has 19 heavy (non-hydrogen) atoms. The topological polar surface area (TPSA) is 60.8 Å². The SMILES string of the molecule is O=C(c1cc2c(F)cccc2s1)N(CCO)CCO. The lowest BCUT2D eigenvalue weighted by atomic mass is 10.2. The van der Waals surface area contributed by atoms with E-state index in [0.29, 0.717) is 15.0 Å². The lowest BCUT2D eigenvalue weighted by Gasteiger charge is -2.19. The Hall–Kier alpha value is -1.50. The van der Waals surface area contributed by atoms with Gasteiger partial charge in [0, 0.05) is 23.2 Å². The number of thiophene rings is 1. The number of hydrogen-bond donors (Lipinski definition) is 2. The Bertz CT molecular complexity index is 578. The van der Waals surface area contributed by atoms with Crippen molar-refractivity contribution in [1.29, 1.82) is 0 Å². The molecule has 1 aromatic carbocycles. The first-order valence-corrected chi connectivity index (χ1v) is 6.68. The van der Waals surface area contributed by atoms with Crippen molar-refractivity contribution in [2.45, 2.75) is 0 Å². The van der Waals surface area contributed by atoms with Crippen LogP contribution in [0.15, 0.2) is 24.3 Å². The molecule has 0 aliphatic heterocycles. The number of nitrogens with zero attached hydrogens (tertiary/aromatic N) is 1. The highest BCUT2D eigenvalue weighted by molar-refractivity contribution is 7.20. The minimum Gasteiger partial charge on any atom is -0.395 e. The van der Waals surface area contributed by atoms with Gasteiger partial charge in [-0.2, -0.15) is 0 Å². The summed E-state index contributed by atoms with van der Waals surface area (Å²) in [5.74, 6) is -0.660. The van der Waals surface area contributed by atoms with Crippen molar-refractivity contribution >= 4 is 27.3 Å². The molecular weight excluding hydrogens is 269 g/mol. The second-order valence-electron chi connectivity index (χ2n) is 4.00. The Kier molecular flexibility index (Phi) is 4.47. The first-order valence-electron chi connectivity index (χ1n) is 5.86. The maximum Gasteiger partial charge on any atom is 0.264 e. The van der Waals surface area contributed by atoms with Crippen LogP contribution in [0.2, 0.25) is 0 Å². The van der Waals surface area contributed by atoms with Crippen LogP contribution in [0, 0.1) is 5.82 Å². The Morgan fingerprint density at radius 2 is 1.95 bits per heavy atom. The third-order valence-corrected chi connectivity index (χ3v) is 3.83. The molecule has 0 saturated carbocycles. The number of rotatable bonds is 5. The molecule has 1 heterocycles. The van der Waals surface area contributed by atoms with Gasteiger partial charge in [-0.1, -0.05) is 6.07 Å². The number of aliphatic hydroxyl groups is 2. The van der Waals surface area contributed by atoms with Crippen LogP contribution < -0.4 is 0 Å². The number of halogens is 1. The lowest BCUT2D eigenvalue weighted by Crippen LogP contribution is -2.35. The number of hydrogen-bond acceptors (Lipinski definition) is 4. The number of carbonyl (C=O) groups is 1. The summed E-state index contributed by atoms with van der Waals surface area (Å²) in [5, 5.41) is 18.2. The second kappa shape index (κ2) is 6.10. The Morgan fingerprint density at radius 1 is 1.26 bits per heavy atom. The molecule has 0 unspecified atom stereocenters. The third kappa shape index (κ3) is 2.91. The summed E-state index contributed by atoms with van der Waals surface area (Å²) < 4.78 is 14.3. The fraction of sp³-hybridized carbons (Fsp3) is 0.308. The molecule has 0 radical (unpaired) electrons. The molecule has 6 heteroatoms. The van der Waals surface area contributed by atoms with E-state index in [-0.39, 0.29) is 38.0 Å². The van der Waals surface area contributed by atoms with Crippen molar-refractivity contribution in [2.75, 3.05) is 26.3 Å². The van der Waals surface area contributed by atoms with Crippen LogP contribution in [0.1, 0.15) is 9.67 Å². The molecular formula is C13H14FNO3S. The van der Waals surface area contributed by atoms with Gasteiger partial charge in [0.1, 0.15) is 5.82 Å². The van der Waals surface area contributed by atoms with Crippen LogP contribution in [-0.4, -0.2) is 47.3 Å². The van der Waals surface area contributed by atoms with E-state index in [9.17, 15) is 9.18 Å². The number of amides is 1. The molecule has 0 atom stereocenters. The number of fused-ring (bicyclic) bond motifs is 1. The van der Waals surface area contributed by atoms with E-state index < -0.39 is 0 Å². The second-order valence-corrected chi connectivity index (χ2v) is 5.09. The number of carbonyl (C=O) groups excluding carboxylic acids is 1. The van der Waals surface area contributed by atoms with E-state index in [0.717, 1.165) is 0 Å². The first-order chi connectivity index (χ1) is 9.17. The summed E-state index contributed by atoms with van der Waals surface area (Å²) in [7, 11) is 0. The van der Waals surface area contributed by atoms with Crippen molar-refractivity contribution in [3.05, 3.63) is 35.0 Å². The summed E-state index contributed by atoms with van der Waals surface area (Å²) in [6.07, 6.45) is 0. The summed E-state index contributed by atoms with van der Waals surface area (Å²) in [6.45, 7) is -0.0533. The van der Waals surface area contributed by atoms with E-state index in [1.807, 2.05) is 0 Å². The zero-order valence-electron chi connectivity index (χ0n) is 10.2. The minimum absolute atomic E-state index is 0.149. The van der Waals surface area contributed by atoms with E-state index in [1.165, 1.54) is 28.4 Å². The normalized spacial score (nSPS) is 10.9. The molecule has 102 valence electrons. The van der Waals surface area contributed by atoms with Crippen LogP contribution in [0.3, 0.4) is 0 Å². The van der Waals surface area contributed by atoms with Crippen molar-refractivity contribution in [1.82, 2.24) is 4.90 Å². The molecule has 0 fully saturated rings. The summed E-state index contributed by atoms with van der Waals surface area (Å²) >= 11 is 1.21. The quantitative estimate of drug-likeness (QED) is 0.873. The predicted molar refractivity (Wildman–Crippen MR) is 71.9 cm³/mol. The van der Waals surface area contributed by atoms with Gasteiger partial charge < -0.3 is 15.1 Å². The average molecular weight is 283 g/mol. The molecule has 1 amide bonds. The largest absolute Gasteiger partial charge is 0.395 e. The molecule has 2 aromatic rings. The monoisotopic (exact) mass is 283 g/mol. The highest BCUT2D eigenvalue weighted by atomic mass is 32.1. The predicted octanol–water partition coefficient (Wildman–Crippen LogP) is 1.47. The third-order valence-electron chi connectivity index (χ3n) is 2.75. The van der Waals surface area contributed by atoms with Gasteiger partial charge in [-0.25, -0.2) is 4.39 Å². The molecule has 2 N–H and O–H groups in total. The molecule has 0 aliphatic rings. The van der Waals surface area contributed by atoms with Crippen molar-refractivity contribution in [3.63, 3.8) is 0 Å². The minimum atomic E-state index is -0.358. The molecule has 0 spiro atoms. The van der Waals surface area contributed by atoms with Crippen molar-refractivity contribution in [3.8, 4) is 0 Å². The molecule has 1 aromatic heterocycles. The Labute approximate surface area is 113 Å². The molecule has 0 saturated heterocycles. The van der Waals surface area contributed by atoms with Gasteiger partial charge in [0.25, 0.3) is 5.91 Å². The van der Waals surface area contributed by atoms with Gasteiger partial charge in [-0.05, 0) is 18.2 Å². The van der Waals surface area contributed by atoms with Crippen LogP contribution in [-0.2, 0) is 0 Å². The summed E-state index contributed by atoms with van der Waals surface area (Å²) in [4.78, 5) is 14.0. The Balaban J connectivity index is 2.32. The van der Waals surface area contributed by atoms with Gasteiger partial charge >= 0.3 is 0 Å². The zero-order chi connectivity index (χ0) is 13.8. The molecule has 0 bridgehead atoms. The highest BCUT2D eigenvalue weighted by Crippen LogP contribution is 2.28. The van der Waals surface area contributed by atoms with Crippen molar-refractivity contribution in [2.24, 2.45) is 0 Å². The maximum atomic E-state index is 13.6. The first kappa shape index (κ1) is 13.9. The van der Waals surface area contributed by atoms with Gasteiger partial charge in [0.2, 0.25) is 0 Å². The zero-order valence-corrected chi connectivity index (χ0v) is 11.0. The maximum absolute atomic E-state index is 13.6. The van der Waals surface area contributed by atoms with Crippen LogP contribution in [0.4, 0.5) is 4.39 Å². The summed E-state index contributed by atoms with van der Waals surface area (Å²) in [6, 6.07) is 6.21. The smallest absolute Gasteiger partial charge is 0.264 e. The van der Waals surface area contributed by atoms with Gasteiger partial charge in [0.05, 0.1) is 18.1 Å². The molecule has 2 rings (SSSR count). The van der Waals surface area contributed by atoms with E-state index >= 15 is 0 Å². The van der Waals surface area contributed by atoms with Crippen LogP contribution >= 0.6 is 11.3 Å². The van der Waals surface area contributed by atoms with Crippen LogP contribution in [0.5, 0.6) is 0 Å². The molecule has 0 aliphatic carbocycles. The summed E-state index contributed by atoms with van der Waals surface area (Å²) in [5.41, 5.74) is 0. The number of aliphatic hydroxyl groups excluding tert-OH is 2. The van der Waals surface area contributed by atoms with Gasteiger partial charge in [-0.15, -0.1) is 11.3 Å². The van der Waals surface area contributed by atoms with E-state index in [4.69, 9.17) is 10.2 Å². The van der Waals surface area contributed by atoms with Crippen molar-refractivity contribution < 1.29 is 19.4 Å². The standard InChI is InChI=1S/C13H14FNO3S/c14-10-2-1-3-11-9(10)8-12(19-11)13(18)15(4-6-16)5-7-17/h1-3,8,16-17H,4-7H2. The fourth-order valence-electron chi connectivity index (χ4n) is 1.84. The fourth-order valence-corrected chi connectivity index (χ4v) is 2.89. The van der Waals surface area contributed by atoms with E-state index in [1.54, 1.807) is 12.1 Å². The number of benzene rings is 1. The average Bonchev–Trinajstić information content (AvgIpc) is 2.83. The van der Waals surface area contributed by atoms with E-state index in [2.05, 4.69) is 0 Å². The molecule has 4 nitrogen and oxygen atoms in total. The van der Waals surface area contributed by atoms with Crippen LogP contribution in [0.25, 0.3) is 10.1 Å². The highest BCUT2D eigenvalue weighted by Gasteiger charge is 2.18.